The van der Waals surface area contributed by atoms with Crippen molar-refractivity contribution in [1.82, 2.24) is 5.32 Å². The molecule has 0 aliphatic rings. The molecule has 0 saturated carbocycles. The molecular formula is C48H79NO5. The van der Waals surface area contributed by atoms with Crippen molar-refractivity contribution in [3.05, 3.63) is 85.1 Å². The summed E-state index contributed by atoms with van der Waals surface area (Å²) in [7, 11) is 0. The van der Waals surface area contributed by atoms with Crippen LogP contribution in [0.1, 0.15) is 187 Å². The second kappa shape index (κ2) is 42.3. The Balaban J connectivity index is 4.29. The number of carboxylic acids is 1. The van der Waals surface area contributed by atoms with Gasteiger partial charge in [-0.15, -0.1) is 0 Å². The molecule has 0 aromatic carbocycles. The summed E-state index contributed by atoms with van der Waals surface area (Å²) in [5.41, 5.74) is 0. The maximum absolute atomic E-state index is 12.8. The zero-order valence-electron chi connectivity index (χ0n) is 34.5. The summed E-state index contributed by atoms with van der Waals surface area (Å²) in [5.74, 6) is -1.31. The minimum absolute atomic E-state index is 0.0629. The molecule has 2 N–H and O–H groups in total. The Bertz CT molecular complexity index is 1100. The van der Waals surface area contributed by atoms with Crippen LogP contribution in [0.2, 0.25) is 0 Å². The monoisotopic (exact) mass is 750 g/mol. The highest BCUT2D eigenvalue weighted by molar-refractivity contribution is 5.80. The molecule has 0 radical (unpaired) electrons. The van der Waals surface area contributed by atoms with E-state index in [-0.39, 0.29) is 24.5 Å². The average molecular weight is 750 g/mol. The molecule has 0 saturated heterocycles. The van der Waals surface area contributed by atoms with Crippen LogP contribution in [0, 0.1) is 0 Å². The Hall–Kier alpha value is -3.41. The molecule has 1 amide bonds. The van der Waals surface area contributed by atoms with Gasteiger partial charge in [-0.3, -0.25) is 14.4 Å². The number of rotatable bonds is 38. The van der Waals surface area contributed by atoms with Gasteiger partial charge in [-0.25, -0.2) is 0 Å². The number of esters is 1. The van der Waals surface area contributed by atoms with E-state index in [9.17, 15) is 14.4 Å². The predicted octanol–water partition coefficient (Wildman–Crippen LogP) is 13.6. The highest BCUT2D eigenvalue weighted by atomic mass is 16.5. The zero-order valence-corrected chi connectivity index (χ0v) is 34.5. The standard InChI is InChI=1S/C48H79NO5/c1-3-5-7-9-11-13-15-17-18-19-20-21-22-24-26-28-30-35-39-43-48(53)54-45(41-37-33-31-34-38-42-46(50)49-44-47(51)52)40-36-32-29-27-25-23-16-14-12-10-8-6-4-2/h6,8,11-14,17-18,20-21,23,25,29,32,45H,3-5,7,9-10,15-16,19,22,24,26-28,30-31,33-44H2,1-2H3,(H,49,50)(H,51,52)/b8-6-,13-11-,14-12-,18-17-,21-20-,25-23-,32-29-. The van der Waals surface area contributed by atoms with Crippen LogP contribution in [-0.4, -0.2) is 35.6 Å². The number of hydrogen-bond acceptors (Lipinski definition) is 4. The number of nitrogens with one attached hydrogen (secondary N) is 1. The van der Waals surface area contributed by atoms with Crippen molar-refractivity contribution in [2.45, 2.75) is 193 Å². The zero-order chi connectivity index (χ0) is 39.4. The first-order valence-electron chi connectivity index (χ1n) is 21.7. The molecule has 1 atom stereocenters. The fourth-order valence-electron chi connectivity index (χ4n) is 5.87. The normalized spacial score (nSPS) is 12.9. The van der Waals surface area contributed by atoms with E-state index >= 15 is 0 Å². The number of hydrogen-bond donors (Lipinski definition) is 2. The smallest absolute Gasteiger partial charge is 0.322 e. The number of carbonyl (C=O) groups excluding carboxylic acids is 2. The van der Waals surface area contributed by atoms with Crippen molar-refractivity contribution >= 4 is 17.8 Å². The lowest BCUT2D eigenvalue weighted by Gasteiger charge is -2.17. The third-order valence-electron chi connectivity index (χ3n) is 9.06. The molecule has 6 nitrogen and oxygen atoms in total. The molecule has 0 fully saturated rings. The Kier molecular flexibility index (Phi) is 39.7. The van der Waals surface area contributed by atoms with Crippen molar-refractivity contribution in [3.63, 3.8) is 0 Å². The Morgan fingerprint density at radius 1 is 0.500 bits per heavy atom. The third kappa shape index (κ3) is 41.3. The van der Waals surface area contributed by atoms with Gasteiger partial charge in [-0.05, 0) is 103 Å². The summed E-state index contributed by atoms with van der Waals surface area (Å²) in [6.45, 7) is 4.07. The number of aliphatic carboxylic acids is 1. The van der Waals surface area contributed by atoms with E-state index in [1.165, 1.54) is 51.4 Å². The van der Waals surface area contributed by atoms with Crippen molar-refractivity contribution in [2.24, 2.45) is 0 Å². The van der Waals surface area contributed by atoms with Crippen LogP contribution in [0.3, 0.4) is 0 Å². The molecule has 0 aromatic rings. The average Bonchev–Trinajstić information content (AvgIpc) is 3.16. The molecule has 1 unspecified atom stereocenters. The highest BCUT2D eigenvalue weighted by Crippen LogP contribution is 2.17. The lowest BCUT2D eigenvalue weighted by atomic mass is 10.0. The predicted molar refractivity (Wildman–Crippen MR) is 231 cm³/mol. The van der Waals surface area contributed by atoms with E-state index < -0.39 is 5.97 Å². The maximum atomic E-state index is 12.8. The topological polar surface area (TPSA) is 92.7 Å². The first kappa shape index (κ1) is 50.6. The number of carbonyl (C=O) groups is 3. The minimum atomic E-state index is -1.03. The van der Waals surface area contributed by atoms with Gasteiger partial charge < -0.3 is 15.2 Å². The van der Waals surface area contributed by atoms with Crippen LogP contribution in [0.15, 0.2) is 85.1 Å². The van der Waals surface area contributed by atoms with Gasteiger partial charge in [0.25, 0.3) is 0 Å². The summed E-state index contributed by atoms with van der Waals surface area (Å²) in [6, 6.07) is 0. The van der Waals surface area contributed by atoms with Crippen LogP contribution in [-0.2, 0) is 19.1 Å². The first-order chi connectivity index (χ1) is 26.5. The van der Waals surface area contributed by atoms with Crippen LogP contribution >= 0.6 is 0 Å². The van der Waals surface area contributed by atoms with Gasteiger partial charge >= 0.3 is 11.9 Å². The van der Waals surface area contributed by atoms with Gasteiger partial charge in [0.2, 0.25) is 5.91 Å². The number of carboxylic acid groups (broad SMARTS) is 1. The SMILES string of the molecule is CC/C=C\C/C=C\C/C=C\C/C=C\CCC(CCCCCCCC(=O)NCC(=O)O)OC(=O)CCCCCCCC/C=C\C/C=C\C/C=C\CCCCC. The number of ether oxygens (including phenoxy) is 1. The minimum Gasteiger partial charge on any atom is -0.480 e. The van der Waals surface area contributed by atoms with E-state index in [4.69, 9.17) is 9.84 Å². The lowest BCUT2D eigenvalue weighted by Crippen LogP contribution is -2.28. The van der Waals surface area contributed by atoms with Gasteiger partial charge in [0.1, 0.15) is 12.6 Å². The second-order valence-electron chi connectivity index (χ2n) is 14.2. The molecule has 0 spiro atoms. The van der Waals surface area contributed by atoms with Gasteiger partial charge in [0.15, 0.2) is 0 Å². The molecule has 0 aliphatic heterocycles. The Labute approximate surface area is 331 Å². The second-order valence-corrected chi connectivity index (χ2v) is 14.2. The molecule has 0 bridgehead atoms. The summed E-state index contributed by atoms with van der Waals surface area (Å²) >= 11 is 0. The van der Waals surface area contributed by atoms with Crippen LogP contribution in [0.25, 0.3) is 0 Å². The van der Waals surface area contributed by atoms with Gasteiger partial charge in [0, 0.05) is 12.8 Å². The van der Waals surface area contributed by atoms with Crippen molar-refractivity contribution < 1.29 is 24.2 Å². The van der Waals surface area contributed by atoms with E-state index in [1.807, 2.05) is 0 Å². The number of unbranched alkanes of at least 4 members (excludes halogenated alkanes) is 13. The van der Waals surface area contributed by atoms with E-state index in [1.54, 1.807) is 0 Å². The molecule has 6 heteroatoms. The molecule has 54 heavy (non-hydrogen) atoms. The highest BCUT2D eigenvalue weighted by Gasteiger charge is 2.14. The van der Waals surface area contributed by atoms with E-state index in [0.29, 0.717) is 12.8 Å². The summed E-state index contributed by atoms with van der Waals surface area (Å²) in [6.07, 6.45) is 58.5. The molecule has 0 aliphatic carbocycles. The van der Waals surface area contributed by atoms with E-state index in [2.05, 4.69) is 104 Å². The van der Waals surface area contributed by atoms with Gasteiger partial charge in [0.05, 0.1) is 0 Å². The van der Waals surface area contributed by atoms with Crippen LogP contribution in [0.5, 0.6) is 0 Å². The summed E-state index contributed by atoms with van der Waals surface area (Å²) < 4.78 is 5.98. The quantitative estimate of drug-likeness (QED) is 0.0372. The lowest BCUT2D eigenvalue weighted by molar-refractivity contribution is -0.150. The van der Waals surface area contributed by atoms with E-state index in [0.717, 1.165) is 109 Å². The molecule has 306 valence electrons. The van der Waals surface area contributed by atoms with Crippen molar-refractivity contribution in [3.8, 4) is 0 Å². The summed E-state index contributed by atoms with van der Waals surface area (Å²) in [5, 5.41) is 11.1. The summed E-state index contributed by atoms with van der Waals surface area (Å²) in [4.78, 5) is 35.0. The fourth-order valence-corrected chi connectivity index (χ4v) is 5.87. The number of allylic oxidation sites excluding steroid dienone is 14. The van der Waals surface area contributed by atoms with Gasteiger partial charge in [-0.1, -0.05) is 157 Å². The maximum Gasteiger partial charge on any atom is 0.322 e. The van der Waals surface area contributed by atoms with Gasteiger partial charge in [-0.2, -0.15) is 0 Å². The largest absolute Gasteiger partial charge is 0.480 e. The first-order valence-corrected chi connectivity index (χ1v) is 21.7. The van der Waals surface area contributed by atoms with Crippen molar-refractivity contribution in [2.75, 3.05) is 6.54 Å². The van der Waals surface area contributed by atoms with Crippen LogP contribution in [0.4, 0.5) is 0 Å². The molecule has 0 rings (SSSR count). The Morgan fingerprint density at radius 3 is 1.48 bits per heavy atom. The molecule has 0 heterocycles. The van der Waals surface area contributed by atoms with Crippen molar-refractivity contribution in [1.29, 1.82) is 0 Å². The Morgan fingerprint density at radius 2 is 0.944 bits per heavy atom. The van der Waals surface area contributed by atoms with Crippen LogP contribution < -0.4 is 5.32 Å². The third-order valence-corrected chi connectivity index (χ3v) is 9.06. The molecule has 0 aromatic heterocycles. The molecular weight excluding hydrogens is 671 g/mol. The fraction of sp³-hybridized carbons (Fsp3) is 0.646. The number of amides is 1.